The molecule has 0 spiro atoms. The van der Waals surface area contributed by atoms with E-state index in [2.05, 4.69) is 5.32 Å². The van der Waals surface area contributed by atoms with Crippen LogP contribution in [0.1, 0.15) is 5.56 Å². The zero-order chi connectivity index (χ0) is 13.1. The summed E-state index contributed by atoms with van der Waals surface area (Å²) >= 11 is 17.6. The standard InChI is InChI=1S/C13H9Cl3FN/c14-9-1-2-12(17)13(6-9)18-7-8-3-10(15)5-11(16)4-8/h1-6,18H,7H2. The fourth-order valence-electron chi connectivity index (χ4n) is 1.54. The van der Waals surface area contributed by atoms with Gasteiger partial charge in [0.05, 0.1) is 5.69 Å². The number of hydrogen-bond acceptors (Lipinski definition) is 1. The zero-order valence-electron chi connectivity index (χ0n) is 9.18. The monoisotopic (exact) mass is 303 g/mol. The van der Waals surface area contributed by atoms with Gasteiger partial charge in [-0.15, -0.1) is 0 Å². The minimum absolute atomic E-state index is 0.346. The first-order chi connectivity index (χ1) is 8.54. The second kappa shape index (κ2) is 5.79. The van der Waals surface area contributed by atoms with Crippen molar-refractivity contribution in [3.8, 4) is 0 Å². The molecular weight excluding hydrogens is 296 g/mol. The van der Waals surface area contributed by atoms with Crippen LogP contribution in [0.4, 0.5) is 10.1 Å². The highest BCUT2D eigenvalue weighted by molar-refractivity contribution is 6.34. The third-order valence-corrected chi connectivity index (χ3v) is 3.01. The Bertz CT molecular complexity index is 552. The molecule has 0 saturated heterocycles. The Labute approximate surface area is 119 Å². The van der Waals surface area contributed by atoms with Gasteiger partial charge in [0, 0.05) is 21.6 Å². The summed E-state index contributed by atoms with van der Waals surface area (Å²) in [6.45, 7) is 0.414. The number of benzene rings is 2. The van der Waals surface area contributed by atoms with Crippen molar-refractivity contribution in [2.45, 2.75) is 6.54 Å². The molecule has 0 atom stereocenters. The summed E-state index contributed by atoms with van der Waals surface area (Å²) in [4.78, 5) is 0. The van der Waals surface area contributed by atoms with Gasteiger partial charge in [-0.25, -0.2) is 4.39 Å². The number of rotatable bonds is 3. The van der Waals surface area contributed by atoms with Crippen molar-refractivity contribution in [2.24, 2.45) is 0 Å². The molecule has 2 aromatic rings. The van der Waals surface area contributed by atoms with Crippen LogP contribution in [0.5, 0.6) is 0 Å². The molecule has 2 aromatic carbocycles. The van der Waals surface area contributed by atoms with Crippen molar-refractivity contribution < 1.29 is 4.39 Å². The van der Waals surface area contributed by atoms with Gasteiger partial charge in [0.25, 0.3) is 0 Å². The second-order valence-electron chi connectivity index (χ2n) is 3.76. The lowest BCUT2D eigenvalue weighted by atomic mass is 10.2. The Morgan fingerprint density at radius 3 is 2.22 bits per heavy atom. The van der Waals surface area contributed by atoms with Crippen molar-refractivity contribution in [3.05, 3.63) is 62.8 Å². The molecular formula is C13H9Cl3FN. The van der Waals surface area contributed by atoms with E-state index in [0.717, 1.165) is 5.56 Å². The molecule has 0 heterocycles. The van der Waals surface area contributed by atoms with Gasteiger partial charge in [-0.05, 0) is 42.0 Å². The van der Waals surface area contributed by atoms with Gasteiger partial charge in [-0.1, -0.05) is 34.8 Å². The van der Waals surface area contributed by atoms with Crippen LogP contribution in [0, 0.1) is 5.82 Å². The minimum Gasteiger partial charge on any atom is -0.379 e. The zero-order valence-corrected chi connectivity index (χ0v) is 11.5. The summed E-state index contributed by atoms with van der Waals surface area (Å²) in [5.41, 5.74) is 1.21. The predicted octanol–water partition coefficient (Wildman–Crippen LogP) is 5.40. The van der Waals surface area contributed by atoms with E-state index in [1.165, 1.54) is 18.2 Å². The molecule has 1 nitrogen and oxygen atoms in total. The molecule has 0 aromatic heterocycles. The van der Waals surface area contributed by atoms with E-state index in [4.69, 9.17) is 34.8 Å². The van der Waals surface area contributed by atoms with Crippen LogP contribution in [0.25, 0.3) is 0 Å². The summed E-state index contributed by atoms with van der Waals surface area (Å²) in [6.07, 6.45) is 0. The maximum absolute atomic E-state index is 13.5. The van der Waals surface area contributed by atoms with Crippen LogP contribution < -0.4 is 5.32 Å². The molecule has 0 bridgehead atoms. The molecule has 94 valence electrons. The van der Waals surface area contributed by atoms with Gasteiger partial charge < -0.3 is 5.32 Å². The molecule has 0 aliphatic heterocycles. The third-order valence-electron chi connectivity index (χ3n) is 2.33. The summed E-state index contributed by atoms with van der Waals surface area (Å²) in [7, 11) is 0. The third kappa shape index (κ3) is 3.52. The predicted molar refractivity (Wildman–Crippen MR) is 75.2 cm³/mol. The maximum atomic E-state index is 13.5. The molecule has 0 unspecified atom stereocenters. The average molecular weight is 305 g/mol. The first-order valence-corrected chi connectivity index (χ1v) is 6.32. The van der Waals surface area contributed by atoms with Crippen molar-refractivity contribution in [3.63, 3.8) is 0 Å². The molecule has 0 fully saturated rings. The lowest BCUT2D eigenvalue weighted by Gasteiger charge is -2.09. The molecule has 5 heteroatoms. The first kappa shape index (κ1) is 13.5. The Morgan fingerprint density at radius 2 is 1.56 bits per heavy atom. The van der Waals surface area contributed by atoms with E-state index in [-0.39, 0.29) is 5.82 Å². The van der Waals surface area contributed by atoms with Crippen LogP contribution in [-0.2, 0) is 6.54 Å². The van der Waals surface area contributed by atoms with E-state index in [1.807, 2.05) is 0 Å². The van der Waals surface area contributed by atoms with Crippen LogP contribution >= 0.6 is 34.8 Å². The molecule has 0 aliphatic rings. The lowest BCUT2D eigenvalue weighted by Crippen LogP contribution is -2.01. The van der Waals surface area contributed by atoms with Gasteiger partial charge in [-0.3, -0.25) is 0 Å². The van der Waals surface area contributed by atoms with Gasteiger partial charge in [-0.2, -0.15) is 0 Å². The quantitative estimate of drug-likeness (QED) is 0.800. The van der Waals surface area contributed by atoms with Gasteiger partial charge in [0.1, 0.15) is 5.82 Å². The molecule has 0 radical (unpaired) electrons. The molecule has 0 saturated carbocycles. The number of nitrogens with one attached hydrogen (secondary N) is 1. The normalized spacial score (nSPS) is 10.4. The van der Waals surface area contributed by atoms with Crippen molar-refractivity contribution in [1.82, 2.24) is 0 Å². The first-order valence-electron chi connectivity index (χ1n) is 5.18. The molecule has 1 N–H and O–H groups in total. The summed E-state index contributed by atoms with van der Waals surface area (Å²) < 4.78 is 13.5. The van der Waals surface area contributed by atoms with Crippen LogP contribution in [0.15, 0.2) is 36.4 Å². The Hall–Kier alpha value is -0.960. The largest absolute Gasteiger partial charge is 0.379 e. The van der Waals surface area contributed by atoms with Gasteiger partial charge in [0.15, 0.2) is 0 Å². The molecule has 0 aliphatic carbocycles. The minimum atomic E-state index is -0.354. The fourth-order valence-corrected chi connectivity index (χ4v) is 2.29. The van der Waals surface area contributed by atoms with Crippen LogP contribution in [0.2, 0.25) is 15.1 Å². The molecule has 0 amide bonds. The molecule has 2 rings (SSSR count). The smallest absolute Gasteiger partial charge is 0.146 e. The number of halogens is 4. The van der Waals surface area contributed by atoms with Crippen LogP contribution in [0.3, 0.4) is 0 Å². The van der Waals surface area contributed by atoms with E-state index in [1.54, 1.807) is 18.2 Å². The van der Waals surface area contributed by atoms with Crippen LogP contribution in [-0.4, -0.2) is 0 Å². The molecule has 18 heavy (non-hydrogen) atoms. The maximum Gasteiger partial charge on any atom is 0.146 e. The van der Waals surface area contributed by atoms with E-state index < -0.39 is 0 Å². The summed E-state index contributed by atoms with van der Waals surface area (Å²) in [5.74, 6) is -0.354. The average Bonchev–Trinajstić information content (AvgIpc) is 2.29. The topological polar surface area (TPSA) is 12.0 Å². The highest BCUT2D eigenvalue weighted by Gasteiger charge is 2.03. The summed E-state index contributed by atoms with van der Waals surface area (Å²) in [5, 5.41) is 4.52. The van der Waals surface area contributed by atoms with Gasteiger partial charge in [0.2, 0.25) is 0 Å². The van der Waals surface area contributed by atoms with E-state index in [9.17, 15) is 4.39 Å². The Morgan fingerprint density at radius 1 is 0.889 bits per heavy atom. The highest BCUT2D eigenvalue weighted by Crippen LogP contribution is 2.22. The highest BCUT2D eigenvalue weighted by atomic mass is 35.5. The Balaban J connectivity index is 2.13. The number of anilines is 1. The van der Waals surface area contributed by atoms with Crippen molar-refractivity contribution >= 4 is 40.5 Å². The Kier molecular flexibility index (Phi) is 4.33. The van der Waals surface area contributed by atoms with Crippen molar-refractivity contribution in [2.75, 3.05) is 5.32 Å². The van der Waals surface area contributed by atoms with E-state index >= 15 is 0 Å². The second-order valence-corrected chi connectivity index (χ2v) is 5.06. The fraction of sp³-hybridized carbons (Fsp3) is 0.0769. The summed E-state index contributed by atoms with van der Waals surface area (Å²) in [6, 6.07) is 9.52. The van der Waals surface area contributed by atoms with Gasteiger partial charge >= 0.3 is 0 Å². The SMILES string of the molecule is Fc1ccc(Cl)cc1NCc1cc(Cl)cc(Cl)c1. The lowest BCUT2D eigenvalue weighted by molar-refractivity contribution is 0.630. The number of hydrogen-bond donors (Lipinski definition) is 1. The van der Waals surface area contributed by atoms with E-state index in [0.29, 0.717) is 27.3 Å². The van der Waals surface area contributed by atoms with Crippen molar-refractivity contribution in [1.29, 1.82) is 0 Å².